The molecular weight excluding hydrogens is 596 g/mol. The Labute approximate surface area is 253 Å². The predicted octanol–water partition coefficient (Wildman–Crippen LogP) is 9.85. The average molecular weight is 648 g/mol. The van der Waals surface area contributed by atoms with Crippen LogP contribution in [0.15, 0.2) is 70.0 Å². The molecule has 37 heavy (non-hydrogen) atoms. The van der Waals surface area contributed by atoms with E-state index in [0.29, 0.717) is 0 Å². The summed E-state index contributed by atoms with van der Waals surface area (Å²) in [6, 6.07) is 20.7. The Morgan fingerprint density at radius 3 is 0.919 bits per heavy atom. The smallest absolute Gasteiger partial charge is 0.472 e. The van der Waals surface area contributed by atoms with E-state index in [0.717, 1.165) is 22.8 Å². The number of benzene rings is 2. The van der Waals surface area contributed by atoms with Gasteiger partial charge >= 0.3 is 26.2 Å². The van der Waals surface area contributed by atoms with Gasteiger partial charge in [-0.15, -0.1) is 0 Å². The van der Waals surface area contributed by atoms with Gasteiger partial charge in [-0.3, -0.25) is 0 Å². The Morgan fingerprint density at radius 1 is 0.486 bits per heavy atom. The van der Waals surface area contributed by atoms with E-state index in [9.17, 15) is 0 Å². The van der Waals surface area contributed by atoms with Crippen molar-refractivity contribution in [2.24, 2.45) is 9.32 Å². The fourth-order valence-corrected chi connectivity index (χ4v) is 6.21. The van der Waals surface area contributed by atoms with Crippen molar-refractivity contribution in [3.63, 3.8) is 0 Å². The molecule has 0 radical (unpaired) electrons. The van der Waals surface area contributed by atoms with Crippen molar-refractivity contribution in [2.75, 3.05) is 0 Å². The van der Waals surface area contributed by atoms with E-state index in [2.05, 4.69) is 127 Å². The van der Waals surface area contributed by atoms with E-state index in [1.54, 1.807) is 0 Å². The molecule has 2 rings (SSSR count). The molecule has 0 fully saturated rings. The summed E-state index contributed by atoms with van der Waals surface area (Å²) in [5.74, 6) is 1.92. The molecule has 0 aliphatic rings. The van der Waals surface area contributed by atoms with Gasteiger partial charge in [0.15, 0.2) is 0 Å². The zero-order valence-corrected chi connectivity index (χ0v) is 32.5. The van der Waals surface area contributed by atoms with Gasteiger partial charge in [0.2, 0.25) is 0 Å². The molecule has 2 aromatic rings. The topological polar surface area (TPSA) is 52.9 Å². The van der Waals surface area contributed by atoms with Crippen LogP contribution in [0.5, 0.6) is 0 Å². The normalized spacial score (nSPS) is 12.5. The van der Waals surface area contributed by atoms with Crippen molar-refractivity contribution in [3.8, 4) is 0 Å². The van der Waals surface area contributed by atoms with Crippen LogP contribution in [-0.4, -0.2) is 44.6 Å². The molecule has 0 spiro atoms. The molecule has 0 amide bonds. The van der Waals surface area contributed by atoms with Crippen LogP contribution in [0, 0.1) is 14.9 Å². The van der Waals surface area contributed by atoms with Crippen LogP contribution in [-0.2, 0) is 26.2 Å². The van der Waals surface area contributed by atoms with Crippen LogP contribution in [0.4, 0.5) is 0 Å². The van der Waals surface area contributed by atoms with Crippen LogP contribution < -0.4 is 0 Å². The fraction of sp³-hybridized carbons (Fsp3) is 0.429. The van der Waals surface area contributed by atoms with Gasteiger partial charge in [-0.2, -0.15) is 0 Å². The molecular formula is C28H52N4Si4Zr. The molecule has 0 atom stereocenters. The SMILES string of the molecule is C[Si](C)(C)/N=C(/[N-][Si](C)(C)C)c1ccccc1.C[Si](C)(C)/N=C(/[N-][Si](C)(C)C)c1ccccc1.[CH3-].[CH3-].[Zr+4]. The van der Waals surface area contributed by atoms with Crippen LogP contribution in [0.25, 0.3) is 9.96 Å². The van der Waals surface area contributed by atoms with Crippen LogP contribution in [0.2, 0.25) is 78.6 Å². The monoisotopic (exact) mass is 646 g/mol. The minimum Gasteiger partial charge on any atom is -0.472 e. The molecule has 0 aliphatic heterocycles. The first-order valence-electron chi connectivity index (χ1n) is 12.1. The van der Waals surface area contributed by atoms with Crippen LogP contribution >= 0.6 is 0 Å². The number of hydrogen-bond donors (Lipinski definition) is 0. The Bertz CT molecular complexity index is 859. The summed E-state index contributed by atoms with van der Waals surface area (Å²) in [6.07, 6.45) is 0. The first kappa shape index (κ1) is 40.6. The second-order valence-electron chi connectivity index (χ2n) is 12.5. The van der Waals surface area contributed by atoms with Gasteiger partial charge in [-0.25, -0.2) is 0 Å². The summed E-state index contributed by atoms with van der Waals surface area (Å²) in [5.41, 5.74) is 2.30. The maximum Gasteiger partial charge on any atom is 4.00 e. The Kier molecular flexibility index (Phi) is 18.6. The standard InChI is InChI=1S/2C13H23N2Si2.2CH3.Zr/c2*1-16(2,3)14-13(15-17(4,5)6)12-10-8-7-9-11-12;;;/h2*7-11H,1-6H3;2*1H3;/q4*-1;+4. The van der Waals surface area contributed by atoms with Gasteiger partial charge in [0.25, 0.3) is 0 Å². The van der Waals surface area contributed by atoms with Crippen LogP contribution in [0.1, 0.15) is 11.1 Å². The molecule has 0 saturated carbocycles. The second-order valence-corrected chi connectivity index (χ2v) is 30.8. The maximum absolute atomic E-state index is 4.89. The Balaban J connectivity index is -0.000000578. The molecule has 9 heteroatoms. The number of amidine groups is 2. The van der Waals surface area contributed by atoms with Gasteiger partial charge in [-0.1, -0.05) is 151 Å². The van der Waals surface area contributed by atoms with Crippen molar-refractivity contribution in [2.45, 2.75) is 78.6 Å². The molecule has 0 unspecified atom stereocenters. The van der Waals surface area contributed by atoms with Gasteiger partial charge in [0, 0.05) is 32.9 Å². The number of hydrogen-bond acceptors (Lipinski definition) is 2. The van der Waals surface area contributed by atoms with Gasteiger partial charge in [0.05, 0.1) is 0 Å². The fourth-order valence-electron chi connectivity index (χ4n) is 2.75. The first-order chi connectivity index (χ1) is 15.3. The molecule has 0 aromatic heterocycles. The average Bonchev–Trinajstić information content (AvgIpc) is 2.64. The summed E-state index contributed by atoms with van der Waals surface area (Å²) in [6.45, 7) is 26.9. The third-order valence-electron chi connectivity index (χ3n) is 3.83. The summed E-state index contributed by atoms with van der Waals surface area (Å²) in [4.78, 5) is 9.78. The van der Waals surface area contributed by atoms with Gasteiger partial charge in [-0.05, 0) is 11.1 Å². The van der Waals surface area contributed by atoms with E-state index in [1.807, 2.05) is 12.1 Å². The summed E-state index contributed by atoms with van der Waals surface area (Å²) in [5, 5.41) is 0. The van der Waals surface area contributed by atoms with Crippen LogP contribution in [0.3, 0.4) is 0 Å². The van der Waals surface area contributed by atoms with Crippen molar-refractivity contribution in [1.29, 1.82) is 0 Å². The molecule has 0 heterocycles. The molecule has 204 valence electrons. The molecule has 0 aliphatic carbocycles. The summed E-state index contributed by atoms with van der Waals surface area (Å²) in [7, 11) is -5.95. The predicted molar refractivity (Wildman–Crippen MR) is 179 cm³/mol. The van der Waals surface area contributed by atoms with Crippen molar-refractivity contribution in [1.82, 2.24) is 0 Å². The van der Waals surface area contributed by atoms with Crippen molar-refractivity contribution in [3.05, 3.63) is 96.6 Å². The van der Waals surface area contributed by atoms with Crippen molar-refractivity contribution < 1.29 is 26.2 Å². The zero-order chi connectivity index (χ0) is 26.2. The first-order valence-corrected chi connectivity index (χ1v) is 25.9. The quantitative estimate of drug-likeness (QED) is 0.130. The number of rotatable bonds is 6. The van der Waals surface area contributed by atoms with E-state index < -0.39 is 32.9 Å². The summed E-state index contributed by atoms with van der Waals surface area (Å²) >= 11 is 0. The van der Waals surface area contributed by atoms with Gasteiger partial charge in [0.1, 0.15) is 0 Å². The molecule has 0 bridgehead atoms. The molecule has 2 aromatic carbocycles. The van der Waals surface area contributed by atoms with Crippen molar-refractivity contribution >= 4 is 44.6 Å². The minimum atomic E-state index is -1.49. The third-order valence-corrected chi connectivity index (χ3v) is 7.36. The largest absolute Gasteiger partial charge is 4.00 e. The summed E-state index contributed by atoms with van der Waals surface area (Å²) < 4.78 is 9.78. The minimum absolute atomic E-state index is 0. The van der Waals surface area contributed by atoms with E-state index in [1.165, 1.54) is 0 Å². The molecule has 0 saturated heterocycles. The third kappa shape index (κ3) is 20.7. The maximum atomic E-state index is 4.89. The zero-order valence-electron chi connectivity index (χ0n) is 26.1. The van der Waals surface area contributed by atoms with E-state index >= 15 is 0 Å². The molecule has 4 nitrogen and oxygen atoms in total. The Hall–Kier alpha value is -0.869. The van der Waals surface area contributed by atoms with E-state index in [4.69, 9.17) is 19.3 Å². The number of nitrogens with zero attached hydrogens (tertiary/aromatic N) is 4. The molecule has 0 N–H and O–H groups in total. The Morgan fingerprint density at radius 2 is 0.730 bits per heavy atom. The van der Waals surface area contributed by atoms with E-state index in [-0.39, 0.29) is 41.1 Å². The van der Waals surface area contributed by atoms with Gasteiger partial charge < -0.3 is 34.1 Å². The second kappa shape index (κ2) is 17.0.